The summed E-state index contributed by atoms with van der Waals surface area (Å²) in [5.41, 5.74) is 2.19. The van der Waals surface area contributed by atoms with Gasteiger partial charge in [0.25, 0.3) is 0 Å². The Hall–Kier alpha value is -0.990. The van der Waals surface area contributed by atoms with Gasteiger partial charge in [-0.05, 0) is 31.2 Å². The van der Waals surface area contributed by atoms with Gasteiger partial charge in [0, 0.05) is 28.2 Å². The van der Waals surface area contributed by atoms with Crippen molar-refractivity contribution in [3.05, 3.63) is 35.0 Å². The predicted molar refractivity (Wildman–Crippen MR) is 58.6 cm³/mol. The fourth-order valence-electron chi connectivity index (χ4n) is 1.45. The molecule has 74 valence electrons. The number of hydrogen-bond acceptors (Lipinski definition) is 1. The lowest BCUT2D eigenvalue weighted by atomic mass is 10.2. The fourth-order valence-corrected chi connectivity index (χ4v) is 1.63. The van der Waals surface area contributed by atoms with Gasteiger partial charge >= 0.3 is 0 Å². The van der Waals surface area contributed by atoms with E-state index in [2.05, 4.69) is 11.1 Å². The van der Waals surface area contributed by atoms with E-state index in [1.54, 1.807) is 0 Å². The van der Waals surface area contributed by atoms with Crippen LogP contribution in [-0.2, 0) is 11.3 Å². The second-order valence-electron chi connectivity index (χ2n) is 3.16. The molecule has 3 heteroatoms. The number of ether oxygens (including phenoxy) is 1. The highest BCUT2D eigenvalue weighted by Crippen LogP contribution is 2.20. The molecule has 0 radical (unpaired) electrons. The first kappa shape index (κ1) is 9.56. The summed E-state index contributed by atoms with van der Waals surface area (Å²) in [6.45, 7) is 3.35. The van der Waals surface area contributed by atoms with Gasteiger partial charge in [0.2, 0.25) is 0 Å². The molecule has 0 fully saturated rings. The highest BCUT2D eigenvalue weighted by molar-refractivity contribution is 6.31. The van der Waals surface area contributed by atoms with Gasteiger partial charge in [0.05, 0.1) is 6.61 Å². The molecule has 1 aromatic heterocycles. The third-order valence-corrected chi connectivity index (χ3v) is 2.34. The zero-order valence-corrected chi connectivity index (χ0v) is 8.77. The summed E-state index contributed by atoms with van der Waals surface area (Å²) < 4.78 is 5.32. The number of benzene rings is 1. The van der Waals surface area contributed by atoms with Crippen molar-refractivity contribution < 1.29 is 4.74 Å². The molecule has 0 aliphatic rings. The molecule has 0 atom stereocenters. The summed E-state index contributed by atoms with van der Waals surface area (Å²) in [7, 11) is 0. The van der Waals surface area contributed by atoms with E-state index in [4.69, 9.17) is 16.3 Å². The Morgan fingerprint density at radius 1 is 1.36 bits per heavy atom. The van der Waals surface area contributed by atoms with Crippen LogP contribution in [0, 0.1) is 0 Å². The van der Waals surface area contributed by atoms with Crippen LogP contribution < -0.4 is 0 Å². The molecular weight excluding hydrogens is 198 g/mol. The minimum absolute atomic E-state index is 0.628. The van der Waals surface area contributed by atoms with E-state index in [-0.39, 0.29) is 0 Å². The number of rotatable bonds is 3. The molecule has 0 aliphatic carbocycles. The smallest absolute Gasteiger partial charge is 0.0865 e. The van der Waals surface area contributed by atoms with E-state index >= 15 is 0 Å². The largest absolute Gasteiger partial charge is 0.376 e. The zero-order valence-electron chi connectivity index (χ0n) is 8.01. The first-order chi connectivity index (χ1) is 6.79. The van der Waals surface area contributed by atoms with Crippen LogP contribution >= 0.6 is 11.6 Å². The molecule has 0 unspecified atom stereocenters. The lowest BCUT2D eigenvalue weighted by Gasteiger charge is -1.95. The molecule has 0 saturated heterocycles. The van der Waals surface area contributed by atoms with Gasteiger partial charge in [-0.15, -0.1) is 0 Å². The molecule has 2 nitrogen and oxygen atoms in total. The van der Waals surface area contributed by atoms with Crippen LogP contribution in [0.2, 0.25) is 5.02 Å². The van der Waals surface area contributed by atoms with Crippen molar-refractivity contribution >= 4 is 22.5 Å². The molecule has 0 saturated carbocycles. The van der Waals surface area contributed by atoms with E-state index in [0.29, 0.717) is 6.61 Å². The number of aromatic amines is 1. The number of fused-ring (bicyclic) bond motifs is 1. The SMILES string of the molecule is CCOCc1cc2cc(Cl)ccc2[nH]1. The summed E-state index contributed by atoms with van der Waals surface area (Å²) in [5.74, 6) is 0. The van der Waals surface area contributed by atoms with E-state index < -0.39 is 0 Å². The van der Waals surface area contributed by atoms with Gasteiger partial charge in [0.15, 0.2) is 0 Å². The number of H-pyrrole nitrogens is 1. The van der Waals surface area contributed by atoms with Gasteiger partial charge in [-0.2, -0.15) is 0 Å². The summed E-state index contributed by atoms with van der Waals surface area (Å²) >= 11 is 5.89. The number of halogens is 1. The molecule has 1 heterocycles. The summed E-state index contributed by atoms with van der Waals surface area (Å²) in [4.78, 5) is 3.27. The molecule has 0 bridgehead atoms. The van der Waals surface area contributed by atoms with Crippen LogP contribution in [0.1, 0.15) is 12.6 Å². The molecule has 0 aliphatic heterocycles. The maximum Gasteiger partial charge on any atom is 0.0865 e. The third kappa shape index (κ3) is 1.91. The third-order valence-electron chi connectivity index (χ3n) is 2.10. The second kappa shape index (κ2) is 4.03. The van der Waals surface area contributed by atoms with Crippen LogP contribution in [0.3, 0.4) is 0 Å². The topological polar surface area (TPSA) is 25.0 Å². The van der Waals surface area contributed by atoms with Gasteiger partial charge in [-0.1, -0.05) is 11.6 Å². The first-order valence-electron chi connectivity index (χ1n) is 4.64. The van der Waals surface area contributed by atoms with Crippen molar-refractivity contribution in [1.29, 1.82) is 0 Å². The standard InChI is InChI=1S/C11H12ClNO/c1-2-14-7-10-6-8-5-9(12)3-4-11(8)13-10/h3-6,13H,2,7H2,1H3. The van der Waals surface area contributed by atoms with E-state index in [1.807, 2.05) is 25.1 Å². The van der Waals surface area contributed by atoms with Crippen LogP contribution in [0.25, 0.3) is 10.9 Å². The minimum atomic E-state index is 0.628. The maximum absolute atomic E-state index is 5.89. The summed E-state index contributed by atoms with van der Waals surface area (Å²) in [5, 5.41) is 1.90. The van der Waals surface area contributed by atoms with E-state index in [1.165, 1.54) is 0 Å². The zero-order chi connectivity index (χ0) is 9.97. The molecule has 14 heavy (non-hydrogen) atoms. The van der Waals surface area contributed by atoms with Crippen LogP contribution in [0.4, 0.5) is 0 Å². The van der Waals surface area contributed by atoms with Gasteiger partial charge in [-0.25, -0.2) is 0 Å². The average Bonchev–Trinajstić information content (AvgIpc) is 2.56. The Bertz CT molecular complexity index is 436. The fraction of sp³-hybridized carbons (Fsp3) is 0.273. The molecule has 0 amide bonds. The van der Waals surface area contributed by atoms with Crippen molar-refractivity contribution in [3.63, 3.8) is 0 Å². The maximum atomic E-state index is 5.89. The first-order valence-corrected chi connectivity index (χ1v) is 5.02. The van der Waals surface area contributed by atoms with E-state index in [0.717, 1.165) is 28.2 Å². The van der Waals surface area contributed by atoms with Gasteiger partial charge in [-0.3, -0.25) is 0 Å². The summed E-state index contributed by atoms with van der Waals surface area (Å²) in [6, 6.07) is 7.87. The Kier molecular flexibility index (Phi) is 2.75. The molecular formula is C11H12ClNO. The lowest BCUT2D eigenvalue weighted by Crippen LogP contribution is -1.90. The van der Waals surface area contributed by atoms with Crippen molar-refractivity contribution in [2.75, 3.05) is 6.61 Å². The highest BCUT2D eigenvalue weighted by Gasteiger charge is 2.00. The second-order valence-corrected chi connectivity index (χ2v) is 3.60. The Balaban J connectivity index is 2.32. The molecule has 1 aromatic carbocycles. The van der Waals surface area contributed by atoms with Gasteiger partial charge < -0.3 is 9.72 Å². The predicted octanol–water partition coefficient (Wildman–Crippen LogP) is 3.36. The van der Waals surface area contributed by atoms with Crippen molar-refractivity contribution in [1.82, 2.24) is 4.98 Å². The molecule has 1 N–H and O–H groups in total. The van der Waals surface area contributed by atoms with Crippen molar-refractivity contribution in [2.24, 2.45) is 0 Å². The average molecular weight is 210 g/mol. The molecule has 2 aromatic rings. The van der Waals surface area contributed by atoms with Gasteiger partial charge in [0.1, 0.15) is 0 Å². The van der Waals surface area contributed by atoms with Crippen LogP contribution in [-0.4, -0.2) is 11.6 Å². The molecule has 0 spiro atoms. The normalized spacial score (nSPS) is 11.0. The Morgan fingerprint density at radius 2 is 2.21 bits per heavy atom. The van der Waals surface area contributed by atoms with E-state index in [9.17, 15) is 0 Å². The Labute approximate surface area is 87.8 Å². The highest BCUT2D eigenvalue weighted by atomic mass is 35.5. The van der Waals surface area contributed by atoms with Crippen LogP contribution in [0.5, 0.6) is 0 Å². The number of hydrogen-bond donors (Lipinski definition) is 1. The summed E-state index contributed by atoms with van der Waals surface area (Å²) in [6.07, 6.45) is 0. The van der Waals surface area contributed by atoms with Crippen molar-refractivity contribution in [3.8, 4) is 0 Å². The lowest BCUT2D eigenvalue weighted by molar-refractivity contribution is 0.132. The molecule has 2 rings (SSSR count). The Morgan fingerprint density at radius 3 is 3.00 bits per heavy atom. The minimum Gasteiger partial charge on any atom is -0.376 e. The monoisotopic (exact) mass is 209 g/mol. The number of aromatic nitrogens is 1. The van der Waals surface area contributed by atoms with Crippen LogP contribution in [0.15, 0.2) is 24.3 Å². The van der Waals surface area contributed by atoms with Crippen molar-refractivity contribution in [2.45, 2.75) is 13.5 Å². The quantitative estimate of drug-likeness (QED) is 0.824. The number of nitrogens with one attached hydrogen (secondary N) is 1.